The molecule has 2 aromatic heterocycles. The normalized spacial score (nSPS) is 17.3. The second kappa shape index (κ2) is 12.6. The number of hydrogen-bond acceptors (Lipinski definition) is 6. The average molecular weight is 565 g/mol. The molecule has 0 N–H and O–H groups in total. The summed E-state index contributed by atoms with van der Waals surface area (Å²) in [5.41, 5.74) is 2.18. The molecule has 8 heteroatoms. The number of ether oxygens (including phenoxy) is 4. The first kappa shape index (κ1) is 24.4. The monoisotopic (exact) mass is 565 g/mol. The van der Waals surface area contributed by atoms with Gasteiger partial charge < -0.3 is 18.9 Å². The first-order valence-electron chi connectivity index (χ1n) is 11.7. The first-order chi connectivity index (χ1) is 16.2. The van der Waals surface area contributed by atoms with Crippen LogP contribution >= 0.6 is 22.6 Å². The Kier molecular flexibility index (Phi) is 9.34. The summed E-state index contributed by atoms with van der Waals surface area (Å²) in [6, 6.07) is 12.2. The van der Waals surface area contributed by atoms with Crippen molar-refractivity contribution in [3.63, 3.8) is 0 Å². The van der Waals surface area contributed by atoms with Gasteiger partial charge in [-0.3, -0.25) is 0 Å². The predicted octanol–water partition coefficient (Wildman–Crippen LogP) is 5.52. The van der Waals surface area contributed by atoms with E-state index in [4.69, 9.17) is 24.0 Å². The SMILES string of the molecule is CC(CCOCCCOCc1ccccc1)Oc1cc2c(I)nn(C3CCCCO3)c2cn1. The second-order valence-corrected chi connectivity index (χ2v) is 9.34. The maximum absolute atomic E-state index is 6.04. The van der Waals surface area contributed by atoms with Crippen LogP contribution in [0.4, 0.5) is 0 Å². The molecule has 0 spiro atoms. The lowest BCUT2D eigenvalue weighted by Crippen LogP contribution is -2.19. The van der Waals surface area contributed by atoms with E-state index in [0.29, 0.717) is 32.3 Å². The molecule has 1 aliphatic rings. The molecule has 1 saturated heterocycles. The minimum absolute atomic E-state index is 0.00172. The first-order valence-corrected chi connectivity index (χ1v) is 12.8. The van der Waals surface area contributed by atoms with Gasteiger partial charge in [0.05, 0.1) is 31.0 Å². The van der Waals surface area contributed by atoms with Crippen LogP contribution in [0.1, 0.15) is 50.8 Å². The highest BCUT2D eigenvalue weighted by atomic mass is 127. The molecule has 2 atom stereocenters. The van der Waals surface area contributed by atoms with E-state index in [9.17, 15) is 0 Å². The van der Waals surface area contributed by atoms with Gasteiger partial charge in [0.15, 0.2) is 6.23 Å². The number of aromatic nitrogens is 3. The zero-order valence-electron chi connectivity index (χ0n) is 19.1. The molecule has 0 amide bonds. The van der Waals surface area contributed by atoms with E-state index < -0.39 is 0 Å². The van der Waals surface area contributed by atoms with Crippen LogP contribution in [0.2, 0.25) is 0 Å². The lowest BCUT2D eigenvalue weighted by molar-refractivity contribution is -0.0369. The van der Waals surface area contributed by atoms with Gasteiger partial charge in [-0.15, -0.1) is 0 Å². The summed E-state index contributed by atoms with van der Waals surface area (Å²) in [5.74, 6) is 0.617. The van der Waals surface area contributed by atoms with Crippen LogP contribution in [-0.2, 0) is 20.8 Å². The van der Waals surface area contributed by atoms with Crippen LogP contribution in [0.15, 0.2) is 42.6 Å². The van der Waals surface area contributed by atoms with E-state index in [-0.39, 0.29) is 12.3 Å². The van der Waals surface area contributed by atoms with Gasteiger partial charge >= 0.3 is 0 Å². The summed E-state index contributed by atoms with van der Waals surface area (Å²) in [4.78, 5) is 4.52. The molecule has 0 bridgehead atoms. The van der Waals surface area contributed by atoms with Gasteiger partial charge in [0, 0.05) is 37.7 Å². The highest BCUT2D eigenvalue weighted by Gasteiger charge is 2.21. The predicted molar refractivity (Wildman–Crippen MR) is 135 cm³/mol. The maximum atomic E-state index is 6.04. The van der Waals surface area contributed by atoms with Crippen molar-refractivity contribution >= 4 is 33.5 Å². The van der Waals surface area contributed by atoms with Gasteiger partial charge in [-0.05, 0) is 60.8 Å². The molecule has 33 heavy (non-hydrogen) atoms. The summed E-state index contributed by atoms with van der Waals surface area (Å²) in [5, 5.41) is 5.74. The third-order valence-corrected chi connectivity index (χ3v) is 6.43. The molecule has 0 aliphatic carbocycles. The lowest BCUT2D eigenvalue weighted by atomic mass is 10.2. The Morgan fingerprint density at radius 1 is 1.15 bits per heavy atom. The number of pyridine rings is 1. The Labute approximate surface area is 208 Å². The van der Waals surface area contributed by atoms with Gasteiger partial charge in [-0.2, -0.15) is 5.10 Å². The van der Waals surface area contributed by atoms with E-state index in [1.54, 1.807) is 0 Å². The molecular formula is C25H32IN3O4. The standard InChI is InChI=1S/C25H32IN3O4/c1-19(11-15-30-12-7-13-31-18-20-8-3-2-4-9-20)33-23-16-21-22(17-27-23)29(28-25(21)26)24-10-5-6-14-32-24/h2-4,8-9,16-17,19,24H,5-7,10-15,18H2,1H3. The smallest absolute Gasteiger partial charge is 0.214 e. The van der Waals surface area contributed by atoms with Gasteiger partial charge in [0.1, 0.15) is 3.70 Å². The van der Waals surface area contributed by atoms with Crippen LogP contribution < -0.4 is 4.74 Å². The highest BCUT2D eigenvalue weighted by molar-refractivity contribution is 14.1. The largest absolute Gasteiger partial charge is 0.475 e. The van der Waals surface area contributed by atoms with E-state index >= 15 is 0 Å². The summed E-state index contributed by atoms with van der Waals surface area (Å²) in [7, 11) is 0. The van der Waals surface area contributed by atoms with Crippen molar-refractivity contribution in [3.05, 3.63) is 51.9 Å². The minimum Gasteiger partial charge on any atom is -0.475 e. The van der Waals surface area contributed by atoms with Crippen LogP contribution in [0.25, 0.3) is 10.9 Å². The molecule has 0 saturated carbocycles. The van der Waals surface area contributed by atoms with Crippen molar-refractivity contribution in [2.75, 3.05) is 26.4 Å². The van der Waals surface area contributed by atoms with Crippen molar-refractivity contribution < 1.29 is 18.9 Å². The molecule has 7 nitrogen and oxygen atoms in total. The van der Waals surface area contributed by atoms with Gasteiger partial charge in [0.2, 0.25) is 5.88 Å². The molecule has 3 heterocycles. The molecule has 178 valence electrons. The van der Waals surface area contributed by atoms with Crippen LogP contribution in [0.5, 0.6) is 5.88 Å². The van der Waals surface area contributed by atoms with Crippen molar-refractivity contribution in [1.29, 1.82) is 0 Å². The average Bonchev–Trinajstić information content (AvgIpc) is 3.18. The summed E-state index contributed by atoms with van der Waals surface area (Å²) in [6.07, 6.45) is 6.81. The van der Waals surface area contributed by atoms with E-state index in [1.165, 1.54) is 5.56 Å². The maximum Gasteiger partial charge on any atom is 0.214 e. The van der Waals surface area contributed by atoms with E-state index in [0.717, 1.165) is 53.3 Å². The molecule has 0 radical (unpaired) electrons. The third kappa shape index (κ3) is 7.11. The molecule has 1 aromatic carbocycles. The molecule has 4 rings (SSSR count). The zero-order valence-corrected chi connectivity index (χ0v) is 21.3. The zero-order chi connectivity index (χ0) is 22.9. The Bertz CT molecular complexity index is 992. The number of nitrogens with zero attached hydrogens (tertiary/aromatic N) is 3. The van der Waals surface area contributed by atoms with Crippen molar-refractivity contribution in [2.24, 2.45) is 0 Å². The van der Waals surface area contributed by atoms with Crippen molar-refractivity contribution in [1.82, 2.24) is 14.8 Å². The Morgan fingerprint density at radius 3 is 2.82 bits per heavy atom. The second-order valence-electron chi connectivity index (χ2n) is 8.32. The quantitative estimate of drug-likeness (QED) is 0.213. The highest BCUT2D eigenvalue weighted by Crippen LogP contribution is 2.30. The van der Waals surface area contributed by atoms with Gasteiger partial charge in [-0.1, -0.05) is 30.3 Å². The Morgan fingerprint density at radius 2 is 2.00 bits per heavy atom. The van der Waals surface area contributed by atoms with E-state index in [2.05, 4.69) is 39.7 Å². The fourth-order valence-corrected chi connectivity index (χ4v) is 4.49. The summed E-state index contributed by atoms with van der Waals surface area (Å²) < 4.78 is 26.3. The van der Waals surface area contributed by atoms with Crippen LogP contribution in [0.3, 0.4) is 0 Å². The van der Waals surface area contributed by atoms with Gasteiger partial charge in [0.25, 0.3) is 0 Å². The summed E-state index contributed by atoms with van der Waals surface area (Å²) in [6.45, 7) is 5.51. The fourth-order valence-electron chi connectivity index (χ4n) is 3.82. The van der Waals surface area contributed by atoms with Crippen molar-refractivity contribution in [2.45, 2.75) is 58.0 Å². The van der Waals surface area contributed by atoms with Crippen LogP contribution in [-0.4, -0.2) is 47.3 Å². The minimum atomic E-state index is -0.00172. The fraction of sp³-hybridized carbons (Fsp3) is 0.520. The molecule has 1 fully saturated rings. The molecule has 3 aromatic rings. The number of halogens is 1. The van der Waals surface area contributed by atoms with Crippen molar-refractivity contribution in [3.8, 4) is 5.88 Å². The van der Waals surface area contributed by atoms with Gasteiger partial charge in [-0.25, -0.2) is 9.67 Å². The summed E-state index contributed by atoms with van der Waals surface area (Å²) >= 11 is 2.27. The number of rotatable bonds is 12. The Hall–Kier alpha value is -1.75. The number of fused-ring (bicyclic) bond motifs is 1. The topological polar surface area (TPSA) is 67.6 Å². The molecule has 1 aliphatic heterocycles. The molecule has 2 unspecified atom stereocenters. The lowest BCUT2D eigenvalue weighted by Gasteiger charge is -2.23. The van der Waals surface area contributed by atoms with Crippen LogP contribution in [0, 0.1) is 3.70 Å². The Balaban J connectivity index is 1.16. The molecular weight excluding hydrogens is 533 g/mol. The number of hydrogen-bond donors (Lipinski definition) is 0. The third-order valence-electron chi connectivity index (χ3n) is 5.63. The van der Waals surface area contributed by atoms with E-state index in [1.807, 2.05) is 42.1 Å². The number of benzene rings is 1.